The van der Waals surface area contributed by atoms with Crippen molar-refractivity contribution in [3.05, 3.63) is 0 Å². The zero-order valence-electron chi connectivity index (χ0n) is 10.5. The van der Waals surface area contributed by atoms with Gasteiger partial charge in [0.25, 0.3) is 0 Å². The molecule has 17 heavy (non-hydrogen) atoms. The number of carbonyl (C=O) groups is 1. The van der Waals surface area contributed by atoms with Crippen molar-refractivity contribution < 1.29 is 13.2 Å². The van der Waals surface area contributed by atoms with Crippen LogP contribution in [0, 0.1) is 5.92 Å². The number of nitrogens with two attached hydrogens (primary N) is 1. The van der Waals surface area contributed by atoms with Gasteiger partial charge >= 0.3 is 0 Å². The largest absolute Gasteiger partial charge is 0.352 e. The minimum absolute atomic E-state index is 0.0164. The number of amides is 1. The Hall–Kier alpha value is -0.620. The molecule has 0 heterocycles. The Kier molecular flexibility index (Phi) is 4.94. The predicted molar refractivity (Wildman–Crippen MR) is 67.2 cm³/mol. The van der Waals surface area contributed by atoms with E-state index in [-0.39, 0.29) is 29.7 Å². The lowest BCUT2D eigenvalue weighted by molar-refractivity contribution is -0.126. The van der Waals surface area contributed by atoms with Gasteiger partial charge in [-0.3, -0.25) is 4.79 Å². The summed E-state index contributed by atoms with van der Waals surface area (Å²) in [4.78, 5) is 11.9. The van der Waals surface area contributed by atoms with Crippen LogP contribution < -0.4 is 11.1 Å². The van der Waals surface area contributed by atoms with E-state index in [4.69, 9.17) is 5.73 Å². The van der Waals surface area contributed by atoms with E-state index in [2.05, 4.69) is 5.32 Å². The van der Waals surface area contributed by atoms with E-state index >= 15 is 0 Å². The quantitative estimate of drug-likeness (QED) is 0.749. The molecule has 0 bridgehead atoms. The molecule has 3 N–H and O–H groups in total. The highest BCUT2D eigenvalue weighted by Crippen LogP contribution is 2.23. The Morgan fingerprint density at radius 2 is 2.12 bits per heavy atom. The second-order valence-electron chi connectivity index (χ2n) is 5.13. The molecule has 0 saturated heterocycles. The predicted octanol–water partition coefficient (Wildman–Crippen LogP) is 0.0532. The summed E-state index contributed by atoms with van der Waals surface area (Å²) < 4.78 is 22.2. The molecular formula is C11H22N2O3S. The van der Waals surface area contributed by atoms with Gasteiger partial charge in [0.15, 0.2) is 0 Å². The zero-order chi connectivity index (χ0) is 13.1. The van der Waals surface area contributed by atoms with Crippen molar-refractivity contribution >= 4 is 15.7 Å². The van der Waals surface area contributed by atoms with Crippen LogP contribution in [0.3, 0.4) is 0 Å². The molecule has 0 radical (unpaired) electrons. The van der Waals surface area contributed by atoms with Crippen molar-refractivity contribution in [2.75, 3.05) is 12.0 Å². The van der Waals surface area contributed by atoms with E-state index in [0.29, 0.717) is 6.42 Å². The summed E-state index contributed by atoms with van der Waals surface area (Å²) in [7, 11) is -3.05. The Morgan fingerprint density at radius 1 is 1.47 bits per heavy atom. The fourth-order valence-electron chi connectivity index (χ4n) is 2.32. The summed E-state index contributed by atoms with van der Waals surface area (Å²) in [5, 5.41) is 2.75. The van der Waals surface area contributed by atoms with Crippen LogP contribution >= 0.6 is 0 Å². The molecular weight excluding hydrogens is 240 g/mol. The molecule has 100 valence electrons. The van der Waals surface area contributed by atoms with Crippen LogP contribution in [0.15, 0.2) is 0 Å². The number of carbonyl (C=O) groups excluding carboxylic acids is 1. The maximum absolute atomic E-state index is 11.9. The van der Waals surface area contributed by atoms with Crippen molar-refractivity contribution in [2.45, 2.75) is 44.7 Å². The lowest BCUT2D eigenvalue weighted by atomic mass is 9.85. The molecule has 1 fully saturated rings. The van der Waals surface area contributed by atoms with Crippen LogP contribution in [0.25, 0.3) is 0 Å². The maximum atomic E-state index is 11.9. The molecule has 1 aliphatic carbocycles. The van der Waals surface area contributed by atoms with E-state index in [9.17, 15) is 13.2 Å². The molecule has 0 aliphatic heterocycles. The number of hydrogen-bond donors (Lipinski definition) is 2. The maximum Gasteiger partial charge on any atom is 0.223 e. The lowest BCUT2D eigenvalue weighted by Gasteiger charge is -2.26. The number of hydrogen-bond acceptors (Lipinski definition) is 4. The Morgan fingerprint density at radius 3 is 2.65 bits per heavy atom. The molecule has 0 aromatic carbocycles. The molecule has 1 rings (SSSR count). The summed E-state index contributed by atoms with van der Waals surface area (Å²) >= 11 is 0. The first-order valence-corrected chi connectivity index (χ1v) is 8.07. The van der Waals surface area contributed by atoms with Crippen molar-refractivity contribution in [3.63, 3.8) is 0 Å². The first kappa shape index (κ1) is 14.4. The summed E-state index contributed by atoms with van der Waals surface area (Å²) in [6.45, 7) is 1.71. The highest BCUT2D eigenvalue weighted by atomic mass is 32.2. The Labute approximate surface area is 103 Å². The van der Waals surface area contributed by atoms with Crippen LogP contribution in [0.4, 0.5) is 0 Å². The van der Waals surface area contributed by atoms with Crippen LogP contribution in [-0.2, 0) is 14.6 Å². The standard InChI is InChI=1S/C11H22N2O3S/c1-8(7-17(2,15)16)13-11(14)9-4-3-5-10(12)6-9/h8-10H,3-7,12H2,1-2H3,(H,13,14). The third-order valence-electron chi connectivity index (χ3n) is 3.03. The number of nitrogens with one attached hydrogen (secondary N) is 1. The summed E-state index contributed by atoms with van der Waals surface area (Å²) in [6.07, 6.45) is 4.68. The number of rotatable bonds is 4. The molecule has 0 spiro atoms. The second kappa shape index (κ2) is 5.82. The normalized spacial score (nSPS) is 27.5. The zero-order valence-corrected chi connectivity index (χ0v) is 11.3. The fourth-order valence-corrected chi connectivity index (χ4v) is 3.31. The topological polar surface area (TPSA) is 89.3 Å². The van der Waals surface area contributed by atoms with Crippen molar-refractivity contribution in [2.24, 2.45) is 11.7 Å². The van der Waals surface area contributed by atoms with E-state index in [0.717, 1.165) is 19.3 Å². The summed E-state index contributed by atoms with van der Waals surface area (Å²) in [6, 6.07) is -0.236. The SMILES string of the molecule is CC(CS(C)(=O)=O)NC(=O)C1CCCC(N)C1. The van der Waals surface area contributed by atoms with Crippen LogP contribution in [-0.4, -0.2) is 38.4 Å². The third kappa shape index (κ3) is 5.50. The van der Waals surface area contributed by atoms with Gasteiger partial charge in [-0.2, -0.15) is 0 Å². The van der Waals surface area contributed by atoms with E-state index in [1.807, 2.05) is 0 Å². The average Bonchev–Trinajstić information content (AvgIpc) is 2.14. The smallest absolute Gasteiger partial charge is 0.223 e. The van der Waals surface area contributed by atoms with Crippen LogP contribution in [0.5, 0.6) is 0 Å². The van der Waals surface area contributed by atoms with Gasteiger partial charge in [0.05, 0.1) is 5.75 Å². The van der Waals surface area contributed by atoms with Gasteiger partial charge in [0.1, 0.15) is 9.84 Å². The van der Waals surface area contributed by atoms with Gasteiger partial charge in [-0.1, -0.05) is 6.42 Å². The third-order valence-corrected chi connectivity index (χ3v) is 4.13. The molecule has 3 unspecified atom stereocenters. The highest BCUT2D eigenvalue weighted by Gasteiger charge is 2.26. The van der Waals surface area contributed by atoms with Gasteiger partial charge in [-0.05, 0) is 26.2 Å². The number of sulfone groups is 1. The first-order valence-electron chi connectivity index (χ1n) is 6.01. The molecule has 0 aromatic rings. The Bertz CT molecular complexity index is 367. The van der Waals surface area contributed by atoms with Crippen molar-refractivity contribution in [1.82, 2.24) is 5.32 Å². The lowest BCUT2D eigenvalue weighted by Crippen LogP contribution is -2.43. The molecule has 6 heteroatoms. The average molecular weight is 262 g/mol. The summed E-state index contributed by atoms with van der Waals surface area (Å²) in [5.74, 6) is -0.130. The molecule has 0 aromatic heterocycles. The molecule has 1 saturated carbocycles. The molecule has 1 amide bonds. The van der Waals surface area contributed by atoms with Crippen LogP contribution in [0.1, 0.15) is 32.6 Å². The fraction of sp³-hybridized carbons (Fsp3) is 0.909. The second-order valence-corrected chi connectivity index (χ2v) is 7.31. The molecule has 1 aliphatic rings. The van der Waals surface area contributed by atoms with Crippen molar-refractivity contribution in [1.29, 1.82) is 0 Å². The molecule has 3 atom stereocenters. The van der Waals surface area contributed by atoms with Gasteiger partial charge in [-0.15, -0.1) is 0 Å². The van der Waals surface area contributed by atoms with Crippen molar-refractivity contribution in [3.8, 4) is 0 Å². The van der Waals surface area contributed by atoms with Crippen LogP contribution in [0.2, 0.25) is 0 Å². The monoisotopic (exact) mass is 262 g/mol. The summed E-state index contributed by atoms with van der Waals surface area (Å²) in [5.41, 5.74) is 5.82. The first-order chi connectivity index (χ1) is 7.78. The highest BCUT2D eigenvalue weighted by molar-refractivity contribution is 7.90. The van der Waals surface area contributed by atoms with Gasteiger partial charge in [0.2, 0.25) is 5.91 Å². The minimum atomic E-state index is -3.05. The Balaban J connectivity index is 2.43. The van der Waals surface area contributed by atoms with E-state index < -0.39 is 9.84 Å². The molecule has 5 nitrogen and oxygen atoms in total. The van der Waals surface area contributed by atoms with E-state index in [1.54, 1.807) is 6.92 Å². The van der Waals surface area contributed by atoms with Gasteiger partial charge in [-0.25, -0.2) is 8.42 Å². The minimum Gasteiger partial charge on any atom is -0.352 e. The van der Waals surface area contributed by atoms with Gasteiger partial charge in [0, 0.05) is 24.3 Å². The van der Waals surface area contributed by atoms with E-state index in [1.165, 1.54) is 6.26 Å². The van der Waals surface area contributed by atoms with Gasteiger partial charge < -0.3 is 11.1 Å².